The minimum atomic E-state index is -2.92. The third-order valence-corrected chi connectivity index (χ3v) is 8.69. The smallest absolute Gasteiger partial charge is 0.277 e. The Labute approximate surface area is 187 Å². The molecule has 10 heteroatoms. The van der Waals surface area contributed by atoms with Crippen molar-refractivity contribution in [3.63, 3.8) is 0 Å². The Morgan fingerprint density at radius 3 is 2.61 bits per heavy atom. The monoisotopic (exact) mass is 464 g/mol. The lowest BCUT2D eigenvalue weighted by molar-refractivity contribution is -0.130. The van der Waals surface area contributed by atoms with Crippen LogP contribution in [-0.4, -0.2) is 77.8 Å². The molecule has 2 fully saturated rings. The number of piperazine rings is 1. The molecule has 8 nitrogen and oxygen atoms in total. The van der Waals surface area contributed by atoms with Crippen molar-refractivity contribution in [3.05, 3.63) is 41.8 Å². The van der Waals surface area contributed by atoms with E-state index in [2.05, 4.69) is 46.3 Å². The van der Waals surface area contributed by atoms with Crippen molar-refractivity contribution in [1.82, 2.24) is 20.0 Å². The van der Waals surface area contributed by atoms with Crippen molar-refractivity contribution in [2.24, 2.45) is 5.92 Å². The van der Waals surface area contributed by atoms with Crippen LogP contribution >= 0.6 is 11.8 Å². The summed E-state index contributed by atoms with van der Waals surface area (Å²) in [5.74, 6) is 1.23. The lowest BCUT2D eigenvalue weighted by Crippen LogP contribution is -2.49. The van der Waals surface area contributed by atoms with Gasteiger partial charge in [0.25, 0.3) is 5.22 Å². The molecule has 0 spiro atoms. The summed E-state index contributed by atoms with van der Waals surface area (Å²) in [7, 11) is -2.92. The van der Waals surface area contributed by atoms with Gasteiger partial charge in [0.1, 0.15) is 0 Å². The summed E-state index contributed by atoms with van der Waals surface area (Å²) in [6.07, 6.45) is 1.11. The van der Waals surface area contributed by atoms with Crippen molar-refractivity contribution in [2.75, 3.05) is 43.4 Å². The van der Waals surface area contributed by atoms with E-state index in [0.717, 1.165) is 13.1 Å². The Hall–Kier alpha value is -1.91. The molecule has 0 unspecified atom stereocenters. The molecular weight excluding hydrogens is 436 g/mol. The number of hydrogen-bond acceptors (Lipinski definition) is 8. The summed E-state index contributed by atoms with van der Waals surface area (Å²) in [5, 5.41) is 8.37. The van der Waals surface area contributed by atoms with E-state index in [4.69, 9.17) is 4.42 Å². The van der Waals surface area contributed by atoms with E-state index in [1.807, 2.05) is 11.0 Å². The van der Waals surface area contributed by atoms with Gasteiger partial charge in [-0.3, -0.25) is 9.69 Å². The summed E-state index contributed by atoms with van der Waals surface area (Å²) in [6, 6.07) is 10.8. The van der Waals surface area contributed by atoms with Gasteiger partial charge in [0.15, 0.2) is 9.84 Å². The highest BCUT2D eigenvalue weighted by molar-refractivity contribution is 7.99. The molecule has 1 aromatic carbocycles. The first kappa shape index (κ1) is 22.3. The van der Waals surface area contributed by atoms with Crippen molar-refractivity contribution in [2.45, 2.75) is 31.0 Å². The van der Waals surface area contributed by atoms with Crippen molar-refractivity contribution in [3.8, 4) is 0 Å². The van der Waals surface area contributed by atoms with E-state index in [-0.39, 0.29) is 29.1 Å². The molecule has 2 aliphatic heterocycles. The lowest BCUT2D eigenvalue weighted by Gasteiger charge is -2.38. The van der Waals surface area contributed by atoms with Crippen LogP contribution in [0.1, 0.15) is 30.8 Å². The predicted molar refractivity (Wildman–Crippen MR) is 118 cm³/mol. The van der Waals surface area contributed by atoms with Gasteiger partial charge in [-0.2, -0.15) is 0 Å². The number of thioether (sulfide) groups is 1. The second kappa shape index (κ2) is 9.70. The maximum absolute atomic E-state index is 12.6. The van der Waals surface area contributed by atoms with E-state index in [9.17, 15) is 13.2 Å². The average molecular weight is 465 g/mol. The summed E-state index contributed by atoms with van der Waals surface area (Å²) in [5.41, 5.74) is 1.29. The molecule has 2 saturated heterocycles. The zero-order chi connectivity index (χ0) is 21.8. The number of carbonyl (C=O) groups excluding carboxylic acids is 1. The fourth-order valence-electron chi connectivity index (χ4n) is 4.17. The van der Waals surface area contributed by atoms with Gasteiger partial charge in [0, 0.05) is 38.6 Å². The van der Waals surface area contributed by atoms with Gasteiger partial charge in [-0.05, 0) is 24.8 Å². The highest BCUT2D eigenvalue weighted by Gasteiger charge is 2.29. The molecule has 2 atom stereocenters. The Morgan fingerprint density at radius 2 is 1.94 bits per heavy atom. The van der Waals surface area contributed by atoms with Crippen LogP contribution in [0.15, 0.2) is 40.0 Å². The quantitative estimate of drug-likeness (QED) is 0.575. The summed E-state index contributed by atoms with van der Waals surface area (Å²) >= 11 is 1.24. The highest BCUT2D eigenvalue weighted by Crippen LogP contribution is 2.25. The number of nitrogens with zero attached hydrogens (tertiary/aromatic N) is 4. The van der Waals surface area contributed by atoms with Crippen LogP contribution in [0.5, 0.6) is 0 Å². The third kappa shape index (κ3) is 5.87. The van der Waals surface area contributed by atoms with Gasteiger partial charge in [-0.15, -0.1) is 10.2 Å². The molecule has 0 N–H and O–H groups in total. The minimum Gasteiger partial charge on any atom is -0.416 e. The number of carbonyl (C=O) groups is 1. The van der Waals surface area contributed by atoms with E-state index in [0.29, 0.717) is 43.1 Å². The fourth-order valence-corrected chi connectivity index (χ4v) is 6.72. The molecule has 0 aliphatic carbocycles. The summed E-state index contributed by atoms with van der Waals surface area (Å²) in [6.45, 7) is 5.32. The number of sulfone groups is 1. The molecule has 1 amide bonds. The molecule has 3 heterocycles. The normalized spacial score (nSPS) is 22.5. The standard InChI is InChI=1S/C21H28N4O4S2/c1-16(18-5-3-2-4-6-18)24-8-10-25(11-9-24)20(26)14-30-21-23-22-19(29-21)13-17-7-12-31(27,28)15-17/h2-6,16-17H,7-15H2,1H3/t16-,17-/m1/s1. The van der Waals surface area contributed by atoms with Crippen LogP contribution in [0.3, 0.4) is 0 Å². The molecule has 31 heavy (non-hydrogen) atoms. The van der Waals surface area contributed by atoms with Gasteiger partial charge in [-0.1, -0.05) is 42.1 Å². The highest BCUT2D eigenvalue weighted by atomic mass is 32.2. The second-order valence-corrected chi connectivity index (χ2v) is 11.4. The topological polar surface area (TPSA) is 96.6 Å². The van der Waals surface area contributed by atoms with E-state index < -0.39 is 9.84 Å². The first-order valence-corrected chi connectivity index (χ1v) is 13.4. The molecular formula is C21H28N4O4S2. The molecule has 0 saturated carbocycles. The van der Waals surface area contributed by atoms with Crippen molar-refractivity contribution < 1.29 is 17.6 Å². The first-order chi connectivity index (χ1) is 14.9. The average Bonchev–Trinajstić information content (AvgIpc) is 3.37. The predicted octanol–water partition coefficient (Wildman–Crippen LogP) is 2.04. The Bertz CT molecular complexity index is 988. The second-order valence-electron chi connectivity index (χ2n) is 8.23. The zero-order valence-electron chi connectivity index (χ0n) is 17.6. The molecule has 1 aromatic heterocycles. The van der Waals surface area contributed by atoms with Gasteiger partial charge >= 0.3 is 0 Å². The van der Waals surface area contributed by atoms with Crippen LogP contribution in [-0.2, 0) is 21.1 Å². The summed E-state index contributed by atoms with van der Waals surface area (Å²) in [4.78, 5) is 16.9. The number of amides is 1. The van der Waals surface area contributed by atoms with Gasteiger partial charge in [0.2, 0.25) is 11.8 Å². The maximum atomic E-state index is 12.6. The van der Waals surface area contributed by atoms with Crippen LogP contribution in [0.25, 0.3) is 0 Å². The van der Waals surface area contributed by atoms with E-state index in [1.165, 1.54) is 17.3 Å². The number of aromatic nitrogens is 2. The molecule has 2 aliphatic rings. The van der Waals surface area contributed by atoms with Crippen LogP contribution in [0.2, 0.25) is 0 Å². The van der Waals surface area contributed by atoms with E-state index >= 15 is 0 Å². The number of rotatable bonds is 7. The lowest BCUT2D eigenvalue weighted by atomic mass is 10.1. The zero-order valence-corrected chi connectivity index (χ0v) is 19.3. The number of benzene rings is 1. The van der Waals surface area contributed by atoms with Gasteiger partial charge in [-0.25, -0.2) is 8.42 Å². The number of hydrogen-bond donors (Lipinski definition) is 0. The minimum absolute atomic E-state index is 0.0412. The Kier molecular flexibility index (Phi) is 6.98. The van der Waals surface area contributed by atoms with Gasteiger partial charge < -0.3 is 9.32 Å². The molecule has 168 valence electrons. The van der Waals surface area contributed by atoms with E-state index in [1.54, 1.807) is 0 Å². The molecule has 0 radical (unpaired) electrons. The van der Waals surface area contributed by atoms with Crippen LogP contribution in [0, 0.1) is 5.92 Å². The van der Waals surface area contributed by atoms with Gasteiger partial charge in [0.05, 0.1) is 17.3 Å². The SMILES string of the molecule is C[C@H](c1ccccc1)N1CCN(C(=O)CSc2nnc(C[C@H]3CCS(=O)(=O)C3)o2)CC1. The Morgan fingerprint density at radius 1 is 1.19 bits per heavy atom. The largest absolute Gasteiger partial charge is 0.416 e. The van der Waals surface area contributed by atoms with Crippen LogP contribution in [0.4, 0.5) is 0 Å². The first-order valence-electron chi connectivity index (χ1n) is 10.6. The molecule has 4 rings (SSSR count). The van der Waals surface area contributed by atoms with Crippen molar-refractivity contribution in [1.29, 1.82) is 0 Å². The maximum Gasteiger partial charge on any atom is 0.277 e. The van der Waals surface area contributed by atoms with Crippen molar-refractivity contribution >= 4 is 27.5 Å². The third-order valence-electron chi connectivity index (χ3n) is 6.05. The fraction of sp³-hybridized carbons (Fsp3) is 0.571. The molecule has 2 aromatic rings. The van der Waals surface area contributed by atoms with Crippen LogP contribution < -0.4 is 0 Å². The Balaban J connectivity index is 1.21. The molecule has 0 bridgehead atoms. The summed E-state index contributed by atoms with van der Waals surface area (Å²) < 4.78 is 28.8.